The van der Waals surface area contributed by atoms with Crippen molar-refractivity contribution in [3.05, 3.63) is 60.2 Å². The summed E-state index contributed by atoms with van der Waals surface area (Å²) in [5, 5.41) is 0. The third-order valence-electron chi connectivity index (χ3n) is 7.60. The van der Waals surface area contributed by atoms with Crippen LogP contribution in [0.1, 0.15) is 63.9 Å². The molecule has 1 unspecified atom stereocenters. The van der Waals surface area contributed by atoms with Gasteiger partial charge in [-0.25, -0.2) is 0 Å². The number of aliphatic imine (C=N–C) groups is 1. The summed E-state index contributed by atoms with van der Waals surface area (Å²) < 4.78 is 6.05. The molecule has 1 atom stereocenters. The number of rotatable bonds is 8. The first kappa shape index (κ1) is 19.8. The zero-order valence-corrected chi connectivity index (χ0v) is 18.3. The summed E-state index contributed by atoms with van der Waals surface area (Å²) in [5.41, 5.74) is 1.64. The van der Waals surface area contributed by atoms with E-state index in [2.05, 4.69) is 37.4 Å². The lowest BCUT2D eigenvalue weighted by molar-refractivity contribution is 0.00172. The Morgan fingerprint density at radius 3 is 2.27 bits per heavy atom. The Labute approximate surface area is 181 Å². The molecule has 0 radical (unpaired) electrons. The first-order chi connectivity index (χ1) is 14.7. The van der Waals surface area contributed by atoms with Crippen LogP contribution in [0.25, 0.3) is 0 Å². The number of benzene rings is 2. The van der Waals surface area contributed by atoms with Gasteiger partial charge >= 0.3 is 0 Å². The predicted octanol–water partition coefficient (Wildman–Crippen LogP) is 7.48. The summed E-state index contributed by atoms with van der Waals surface area (Å²) in [6.07, 6.45) is 14.4. The van der Waals surface area contributed by atoms with Crippen molar-refractivity contribution < 1.29 is 4.74 Å². The molecule has 4 aliphatic rings. The number of ether oxygens (including phenoxy) is 1. The standard InChI is InChI=1S/C28H35NO/c1-2-7-22(20-29-28-17-23-13-24(18-28)15-25(14-23)19-28)12-21-8-6-11-27(16-21)30-26-9-4-3-5-10-26/h3-6,8-11,16,20,22-25H,2,7,12-15,17-19H2,1H3. The second-order valence-electron chi connectivity index (χ2n) is 10.2. The second kappa shape index (κ2) is 8.57. The molecule has 0 aliphatic heterocycles. The molecule has 4 saturated carbocycles. The van der Waals surface area contributed by atoms with E-state index in [0.29, 0.717) is 11.5 Å². The molecule has 0 N–H and O–H groups in total. The molecule has 0 saturated heterocycles. The van der Waals surface area contributed by atoms with Gasteiger partial charge in [-0.05, 0) is 105 Å². The second-order valence-corrected chi connectivity index (χ2v) is 10.2. The number of nitrogens with zero attached hydrogens (tertiary/aromatic N) is 1. The maximum absolute atomic E-state index is 6.05. The Balaban J connectivity index is 1.27. The maximum Gasteiger partial charge on any atom is 0.127 e. The van der Waals surface area contributed by atoms with Crippen LogP contribution in [0, 0.1) is 23.7 Å². The molecular weight excluding hydrogens is 366 g/mol. The lowest BCUT2D eigenvalue weighted by Crippen LogP contribution is -2.49. The molecule has 0 heterocycles. The first-order valence-corrected chi connectivity index (χ1v) is 12.1. The van der Waals surface area contributed by atoms with Crippen LogP contribution in [-0.2, 0) is 6.42 Å². The zero-order valence-electron chi connectivity index (χ0n) is 18.3. The fraction of sp³-hybridized carbons (Fsp3) is 0.536. The molecule has 2 aromatic carbocycles. The van der Waals surface area contributed by atoms with Gasteiger partial charge in [0.25, 0.3) is 0 Å². The molecule has 2 aromatic rings. The Kier molecular flexibility index (Phi) is 5.67. The molecule has 6 rings (SSSR count). The van der Waals surface area contributed by atoms with Gasteiger partial charge < -0.3 is 4.74 Å². The third kappa shape index (κ3) is 4.48. The average molecular weight is 402 g/mol. The van der Waals surface area contributed by atoms with E-state index in [1.807, 2.05) is 30.3 Å². The molecule has 30 heavy (non-hydrogen) atoms. The van der Waals surface area contributed by atoms with Crippen molar-refractivity contribution in [1.29, 1.82) is 0 Å². The maximum atomic E-state index is 6.05. The highest BCUT2D eigenvalue weighted by atomic mass is 16.5. The highest BCUT2D eigenvalue weighted by Crippen LogP contribution is 2.57. The van der Waals surface area contributed by atoms with Crippen LogP contribution >= 0.6 is 0 Å². The minimum Gasteiger partial charge on any atom is -0.457 e. The quantitative estimate of drug-likeness (QED) is 0.420. The molecule has 158 valence electrons. The van der Waals surface area contributed by atoms with E-state index < -0.39 is 0 Å². The molecule has 4 aliphatic carbocycles. The summed E-state index contributed by atoms with van der Waals surface area (Å²) in [5.74, 6) is 5.23. The highest BCUT2D eigenvalue weighted by molar-refractivity contribution is 5.62. The largest absolute Gasteiger partial charge is 0.457 e. The highest BCUT2D eigenvalue weighted by Gasteiger charge is 2.50. The van der Waals surface area contributed by atoms with E-state index in [-0.39, 0.29) is 0 Å². The lowest BCUT2D eigenvalue weighted by Gasteiger charge is -2.55. The Morgan fingerprint density at radius 1 is 0.933 bits per heavy atom. The van der Waals surface area contributed by atoms with Crippen LogP contribution in [0.3, 0.4) is 0 Å². The monoisotopic (exact) mass is 401 g/mol. The van der Waals surface area contributed by atoms with Gasteiger partial charge in [-0.2, -0.15) is 0 Å². The summed E-state index contributed by atoms with van der Waals surface area (Å²) >= 11 is 0. The predicted molar refractivity (Wildman–Crippen MR) is 124 cm³/mol. The van der Waals surface area contributed by atoms with E-state index in [9.17, 15) is 0 Å². The van der Waals surface area contributed by atoms with Gasteiger partial charge in [0.2, 0.25) is 0 Å². The van der Waals surface area contributed by atoms with Gasteiger partial charge in [0, 0.05) is 6.21 Å². The molecule has 0 aromatic heterocycles. The lowest BCUT2D eigenvalue weighted by atomic mass is 9.53. The van der Waals surface area contributed by atoms with E-state index in [4.69, 9.17) is 9.73 Å². The molecule has 2 nitrogen and oxygen atoms in total. The van der Waals surface area contributed by atoms with Crippen molar-refractivity contribution in [2.75, 3.05) is 0 Å². The minimum atomic E-state index is 0.291. The van der Waals surface area contributed by atoms with Crippen LogP contribution in [0.2, 0.25) is 0 Å². The minimum absolute atomic E-state index is 0.291. The van der Waals surface area contributed by atoms with Crippen molar-refractivity contribution in [2.45, 2.75) is 70.3 Å². The molecule has 2 heteroatoms. The topological polar surface area (TPSA) is 21.6 Å². The van der Waals surface area contributed by atoms with Crippen LogP contribution in [0.15, 0.2) is 59.6 Å². The smallest absolute Gasteiger partial charge is 0.127 e. The fourth-order valence-electron chi connectivity index (χ4n) is 6.75. The van der Waals surface area contributed by atoms with Gasteiger partial charge in [0.15, 0.2) is 0 Å². The number of hydrogen-bond acceptors (Lipinski definition) is 2. The molecule has 4 bridgehead atoms. The van der Waals surface area contributed by atoms with Gasteiger partial charge in [-0.15, -0.1) is 0 Å². The van der Waals surface area contributed by atoms with Crippen molar-refractivity contribution in [3.8, 4) is 11.5 Å². The van der Waals surface area contributed by atoms with Crippen molar-refractivity contribution in [1.82, 2.24) is 0 Å². The number of para-hydroxylation sites is 1. The molecule has 0 spiro atoms. The van der Waals surface area contributed by atoms with Gasteiger partial charge in [-0.1, -0.05) is 43.7 Å². The fourth-order valence-corrected chi connectivity index (χ4v) is 6.75. The summed E-state index contributed by atoms with van der Waals surface area (Å²) in [4.78, 5) is 5.36. The van der Waals surface area contributed by atoms with Crippen LogP contribution in [0.5, 0.6) is 11.5 Å². The van der Waals surface area contributed by atoms with Gasteiger partial charge in [0.05, 0.1) is 5.54 Å². The molecular formula is C28H35NO. The van der Waals surface area contributed by atoms with E-state index in [1.54, 1.807) is 0 Å². The third-order valence-corrected chi connectivity index (χ3v) is 7.60. The number of hydrogen-bond donors (Lipinski definition) is 0. The summed E-state index contributed by atoms with van der Waals surface area (Å²) in [6.45, 7) is 2.29. The average Bonchev–Trinajstić information content (AvgIpc) is 2.72. The van der Waals surface area contributed by atoms with Crippen LogP contribution < -0.4 is 4.74 Å². The summed E-state index contributed by atoms with van der Waals surface area (Å²) in [7, 11) is 0. The summed E-state index contributed by atoms with van der Waals surface area (Å²) in [6, 6.07) is 18.7. The van der Waals surface area contributed by atoms with Crippen molar-refractivity contribution in [2.24, 2.45) is 28.7 Å². The normalized spacial score (nSPS) is 30.6. The van der Waals surface area contributed by atoms with Crippen LogP contribution in [0.4, 0.5) is 0 Å². The Bertz CT molecular complexity index is 836. The van der Waals surface area contributed by atoms with Gasteiger partial charge in [-0.3, -0.25) is 4.99 Å². The van der Waals surface area contributed by atoms with E-state index >= 15 is 0 Å². The van der Waals surface area contributed by atoms with Crippen LogP contribution in [-0.4, -0.2) is 11.8 Å². The Hall–Kier alpha value is -2.09. The van der Waals surface area contributed by atoms with E-state index in [0.717, 1.165) is 35.7 Å². The van der Waals surface area contributed by atoms with E-state index in [1.165, 1.54) is 56.9 Å². The molecule has 0 amide bonds. The van der Waals surface area contributed by atoms with Gasteiger partial charge in [0.1, 0.15) is 11.5 Å². The van der Waals surface area contributed by atoms with Crippen molar-refractivity contribution >= 4 is 6.21 Å². The first-order valence-electron chi connectivity index (χ1n) is 12.1. The zero-order chi connectivity index (χ0) is 20.4. The van der Waals surface area contributed by atoms with Crippen molar-refractivity contribution in [3.63, 3.8) is 0 Å². The Morgan fingerprint density at radius 2 is 1.60 bits per heavy atom. The molecule has 4 fully saturated rings. The SMILES string of the molecule is CCCC(C=NC12CC3CC(CC(C3)C1)C2)Cc1cccc(Oc2ccccc2)c1.